The van der Waals surface area contributed by atoms with Gasteiger partial charge in [-0.3, -0.25) is 0 Å². The van der Waals surface area contributed by atoms with Crippen molar-refractivity contribution in [3.8, 4) is 0 Å². The van der Waals surface area contributed by atoms with E-state index in [1.165, 1.54) is 7.35 Å². The fourth-order valence-electron chi connectivity index (χ4n) is 0.955. The van der Waals surface area contributed by atoms with Gasteiger partial charge in [-0.1, -0.05) is 13.0 Å². The maximum absolute atomic E-state index is 4.45. The predicted molar refractivity (Wildman–Crippen MR) is 56.9 cm³/mol. The lowest BCUT2D eigenvalue weighted by Gasteiger charge is -2.11. The summed E-state index contributed by atoms with van der Waals surface area (Å²) < 4.78 is 2.79. The first kappa shape index (κ1) is 7.21. The van der Waals surface area contributed by atoms with Gasteiger partial charge in [0.25, 0.3) is 0 Å². The standard InChI is InChI=1S/C8H9IN2/c1-2-7-9-8-5-3-4-6-11(8)10-7/h3-6H,2H2,1H3. The van der Waals surface area contributed by atoms with Crippen LogP contribution in [0.2, 0.25) is 0 Å². The van der Waals surface area contributed by atoms with E-state index in [1.54, 1.807) is 0 Å². The highest BCUT2D eigenvalue weighted by Crippen LogP contribution is 2.22. The maximum Gasteiger partial charge on any atom is 0.0987 e. The fraction of sp³-hybridized carbons (Fsp3) is 0.250. The van der Waals surface area contributed by atoms with E-state index in [0.717, 1.165) is 6.42 Å². The van der Waals surface area contributed by atoms with Gasteiger partial charge in [0.2, 0.25) is 0 Å². The van der Waals surface area contributed by atoms with Crippen LogP contribution in [0.5, 0.6) is 0 Å². The molecule has 2 nitrogen and oxygen atoms in total. The van der Waals surface area contributed by atoms with Gasteiger partial charge in [-0.15, -0.1) is 0 Å². The molecule has 58 valence electrons. The molecule has 0 saturated heterocycles. The van der Waals surface area contributed by atoms with Gasteiger partial charge in [0.15, 0.2) is 0 Å². The third-order valence-corrected chi connectivity index (χ3v) is 4.51. The SMILES string of the molecule is CCC1=NN2C=CC=CC2=I1. The Balaban J connectivity index is 2.31. The van der Waals surface area contributed by atoms with Crippen LogP contribution in [0.25, 0.3) is 0 Å². The summed E-state index contributed by atoms with van der Waals surface area (Å²) in [4.78, 5) is 0. The molecule has 0 saturated carbocycles. The molecular weight excluding hydrogens is 251 g/mol. The van der Waals surface area contributed by atoms with Crippen LogP contribution in [0.3, 0.4) is 0 Å². The number of hydrogen-bond donors (Lipinski definition) is 0. The van der Waals surface area contributed by atoms with Crippen LogP contribution in [-0.4, -0.2) is 12.4 Å². The second-order valence-corrected chi connectivity index (χ2v) is 5.18. The average molecular weight is 260 g/mol. The number of halogens is 1. The molecule has 0 aromatic rings. The van der Waals surface area contributed by atoms with Gasteiger partial charge >= 0.3 is 0 Å². The average Bonchev–Trinajstić information content (AvgIpc) is 2.46. The van der Waals surface area contributed by atoms with Crippen molar-refractivity contribution in [1.82, 2.24) is 5.01 Å². The first-order valence-corrected chi connectivity index (χ1v) is 5.79. The molecule has 0 aliphatic carbocycles. The molecule has 2 rings (SSSR count). The minimum absolute atomic E-state index is 0.0695. The number of allylic oxidation sites excluding steroid dienone is 2. The zero-order valence-electron chi connectivity index (χ0n) is 6.29. The molecule has 0 radical (unpaired) electrons. The highest BCUT2D eigenvalue weighted by molar-refractivity contribution is 14.2. The molecule has 2 aliphatic heterocycles. The number of hydrazone groups is 1. The summed E-state index contributed by atoms with van der Waals surface area (Å²) in [6, 6.07) is 0. The summed E-state index contributed by atoms with van der Waals surface area (Å²) in [6.07, 6.45) is 9.40. The molecule has 0 amide bonds. The molecule has 0 fully saturated rings. The molecule has 3 heteroatoms. The quantitative estimate of drug-likeness (QED) is 0.660. The summed E-state index contributed by atoms with van der Waals surface area (Å²) >= 11 is 0.0695. The van der Waals surface area contributed by atoms with E-state index < -0.39 is 0 Å². The minimum atomic E-state index is 0.0695. The van der Waals surface area contributed by atoms with Crippen molar-refractivity contribution >= 4 is 28.1 Å². The van der Waals surface area contributed by atoms with Gasteiger partial charge in [-0.05, 0) is 39.3 Å². The maximum atomic E-state index is 4.45. The van der Waals surface area contributed by atoms with Gasteiger partial charge in [-0.25, -0.2) is 5.01 Å². The molecule has 0 unspecified atom stereocenters. The highest BCUT2D eigenvalue weighted by atomic mass is 127. The molecule has 2 heterocycles. The van der Waals surface area contributed by atoms with Gasteiger partial charge < -0.3 is 0 Å². The Labute approximate surface area is 76.0 Å². The Morgan fingerprint density at radius 2 is 2.45 bits per heavy atom. The Morgan fingerprint density at radius 1 is 1.55 bits per heavy atom. The summed E-state index contributed by atoms with van der Waals surface area (Å²) in [7, 11) is 0. The minimum Gasteiger partial charge on any atom is -0.235 e. The normalized spacial score (nSPS) is 20.6. The zero-order valence-corrected chi connectivity index (χ0v) is 8.45. The first-order valence-electron chi connectivity index (χ1n) is 3.63. The molecule has 2 aliphatic rings. The van der Waals surface area contributed by atoms with Crippen LogP contribution in [0.1, 0.15) is 13.3 Å². The lowest BCUT2D eigenvalue weighted by atomic mass is 10.4. The summed E-state index contributed by atoms with van der Waals surface area (Å²) in [5.74, 6) is 0. The van der Waals surface area contributed by atoms with Gasteiger partial charge in [0.1, 0.15) is 0 Å². The molecule has 0 atom stereocenters. The Morgan fingerprint density at radius 3 is 3.18 bits per heavy atom. The largest absolute Gasteiger partial charge is 0.235 e. The molecule has 11 heavy (non-hydrogen) atoms. The number of fused-ring (bicyclic) bond motifs is 1. The lowest BCUT2D eigenvalue weighted by molar-refractivity contribution is 0.618. The molecule has 0 aromatic carbocycles. The van der Waals surface area contributed by atoms with Crippen LogP contribution >= 0.6 is 20.7 Å². The molecule has 0 bridgehead atoms. The monoisotopic (exact) mass is 260 g/mol. The number of hydrogen-bond acceptors (Lipinski definition) is 2. The van der Waals surface area contributed by atoms with Gasteiger partial charge in [0, 0.05) is 6.20 Å². The predicted octanol–water partition coefficient (Wildman–Crippen LogP) is 2.21. The topological polar surface area (TPSA) is 15.6 Å². The molecule has 0 aromatic heterocycles. The van der Waals surface area contributed by atoms with Crippen LogP contribution < -0.4 is 0 Å². The third-order valence-electron chi connectivity index (χ3n) is 1.50. The Bertz CT molecular complexity index is 286. The number of nitrogens with zero attached hydrogens (tertiary/aromatic N) is 2. The third kappa shape index (κ3) is 1.29. The van der Waals surface area contributed by atoms with E-state index in [-0.39, 0.29) is 20.7 Å². The summed E-state index contributed by atoms with van der Waals surface area (Å²) in [5, 5.41) is 6.46. The van der Waals surface area contributed by atoms with Crippen molar-refractivity contribution in [1.29, 1.82) is 0 Å². The Kier molecular flexibility index (Phi) is 1.89. The Hall–Kier alpha value is -0.450. The van der Waals surface area contributed by atoms with Crippen molar-refractivity contribution in [2.45, 2.75) is 13.3 Å². The summed E-state index contributed by atoms with van der Waals surface area (Å²) in [6.45, 7) is 2.17. The fourth-order valence-corrected chi connectivity index (χ4v) is 3.22. The molecule has 0 N–H and O–H groups in total. The molecular formula is C8H9IN2. The van der Waals surface area contributed by atoms with E-state index in [4.69, 9.17) is 0 Å². The second kappa shape index (κ2) is 2.89. The second-order valence-electron chi connectivity index (χ2n) is 2.29. The zero-order chi connectivity index (χ0) is 7.68. The van der Waals surface area contributed by atoms with Crippen LogP contribution in [0.15, 0.2) is 29.5 Å². The van der Waals surface area contributed by atoms with Gasteiger partial charge in [-0.2, -0.15) is 5.10 Å². The highest BCUT2D eigenvalue weighted by Gasteiger charge is 2.13. The van der Waals surface area contributed by atoms with Crippen molar-refractivity contribution in [2.75, 3.05) is 0 Å². The lowest BCUT2D eigenvalue weighted by Crippen LogP contribution is -2.14. The van der Waals surface area contributed by atoms with Gasteiger partial charge in [0.05, 0.1) is 7.35 Å². The molecule has 0 spiro atoms. The van der Waals surface area contributed by atoms with Crippen molar-refractivity contribution in [3.05, 3.63) is 24.4 Å². The van der Waals surface area contributed by atoms with Crippen molar-refractivity contribution in [2.24, 2.45) is 5.10 Å². The van der Waals surface area contributed by atoms with Crippen molar-refractivity contribution in [3.63, 3.8) is 0 Å². The smallest absolute Gasteiger partial charge is 0.0987 e. The first-order chi connectivity index (χ1) is 5.40. The van der Waals surface area contributed by atoms with E-state index >= 15 is 0 Å². The van der Waals surface area contributed by atoms with Crippen LogP contribution in [0, 0.1) is 0 Å². The van der Waals surface area contributed by atoms with E-state index in [2.05, 4.69) is 24.2 Å². The van der Waals surface area contributed by atoms with E-state index in [1.807, 2.05) is 17.3 Å². The van der Waals surface area contributed by atoms with E-state index in [0.29, 0.717) is 0 Å². The summed E-state index contributed by atoms with van der Waals surface area (Å²) in [5.41, 5.74) is 0. The number of rotatable bonds is 1. The van der Waals surface area contributed by atoms with Crippen LogP contribution in [-0.2, 0) is 0 Å². The van der Waals surface area contributed by atoms with Crippen molar-refractivity contribution < 1.29 is 0 Å². The van der Waals surface area contributed by atoms with E-state index in [9.17, 15) is 0 Å². The van der Waals surface area contributed by atoms with Crippen LogP contribution in [0.4, 0.5) is 0 Å².